The topological polar surface area (TPSA) is 70.3 Å². The summed E-state index contributed by atoms with van der Waals surface area (Å²) in [6.07, 6.45) is 1.36. The van der Waals surface area contributed by atoms with Gasteiger partial charge in [-0.1, -0.05) is 0 Å². The SMILES string of the molecule is O=C(CCl)n1c(=O)c(F)cn(C2CCCO2)c1=O. The maximum absolute atomic E-state index is 13.4. The van der Waals surface area contributed by atoms with Crippen molar-refractivity contribution in [2.24, 2.45) is 0 Å². The van der Waals surface area contributed by atoms with Gasteiger partial charge >= 0.3 is 5.69 Å². The quantitative estimate of drug-likeness (QED) is 0.730. The summed E-state index contributed by atoms with van der Waals surface area (Å²) in [4.78, 5) is 34.7. The smallest absolute Gasteiger partial charge is 0.340 e. The first-order valence-corrected chi connectivity index (χ1v) is 5.84. The lowest BCUT2D eigenvalue weighted by Crippen LogP contribution is -2.46. The van der Waals surface area contributed by atoms with E-state index in [0.717, 1.165) is 17.2 Å². The Hall–Kier alpha value is -1.47. The number of hydrogen-bond acceptors (Lipinski definition) is 4. The van der Waals surface area contributed by atoms with E-state index in [1.165, 1.54) is 0 Å². The molecule has 1 atom stereocenters. The Morgan fingerprint density at radius 3 is 2.83 bits per heavy atom. The second kappa shape index (κ2) is 5.03. The molecule has 2 heterocycles. The number of carbonyl (C=O) groups is 1. The standard InChI is InChI=1S/C10H10ClFN2O4/c11-4-7(15)14-9(16)6(12)5-13(10(14)17)8-2-1-3-18-8/h5,8H,1-4H2. The molecule has 0 bridgehead atoms. The first-order valence-electron chi connectivity index (χ1n) is 5.30. The summed E-state index contributed by atoms with van der Waals surface area (Å²) in [7, 11) is 0. The maximum atomic E-state index is 13.4. The third-order valence-corrected chi connectivity index (χ3v) is 2.88. The largest absolute Gasteiger partial charge is 0.358 e. The number of nitrogens with zero attached hydrogens (tertiary/aromatic N) is 2. The predicted octanol–water partition coefficient (Wildman–Crippen LogP) is 0.337. The zero-order valence-electron chi connectivity index (χ0n) is 9.27. The van der Waals surface area contributed by atoms with E-state index < -0.39 is 35.1 Å². The van der Waals surface area contributed by atoms with E-state index in [2.05, 4.69) is 0 Å². The van der Waals surface area contributed by atoms with E-state index >= 15 is 0 Å². The second-order valence-electron chi connectivity index (χ2n) is 3.80. The number of carbonyl (C=O) groups excluding carboxylic acids is 1. The van der Waals surface area contributed by atoms with Crippen LogP contribution in [0.4, 0.5) is 4.39 Å². The van der Waals surface area contributed by atoms with Crippen molar-refractivity contribution in [2.45, 2.75) is 19.1 Å². The Morgan fingerprint density at radius 1 is 1.56 bits per heavy atom. The van der Waals surface area contributed by atoms with Crippen molar-refractivity contribution in [1.82, 2.24) is 9.13 Å². The van der Waals surface area contributed by atoms with Crippen LogP contribution in [0.2, 0.25) is 0 Å². The van der Waals surface area contributed by atoms with Crippen molar-refractivity contribution in [2.75, 3.05) is 12.5 Å². The van der Waals surface area contributed by atoms with Crippen LogP contribution in [0.25, 0.3) is 0 Å². The molecular weight excluding hydrogens is 267 g/mol. The summed E-state index contributed by atoms with van der Waals surface area (Å²) in [5, 5.41) is 0. The van der Waals surface area contributed by atoms with Crippen molar-refractivity contribution in [1.29, 1.82) is 0 Å². The molecule has 0 spiro atoms. The predicted molar refractivity (Wildman–Crippen MR) is 60.5 cm³/mol. The summed E-state index contributed by atoms with van der Waals surface area (Å²) in [5.74, 6) is -2.73. The van der Waals surface area contributed by atoms with Gasteiger partial charge < -0.3 is 4.74 Å². The summed E-state index contributed by atoms with van der Waals surface area (Å²) in [6.45, 7) is 0.446. The Labute approximate surface area is 106 Å². The first kappa shape index (κ1) is 13.0. The summed E-state index contributed by atoms with van der Waals surface area (Å²) in [6, 6.07) is 0. The van der Waals surface area contributed by atoms with Gasteiger partial charge in [0, 0.05) is 6.61 Å². The van der Waals surface area contributed by atoms with Gasteiger partial charge in [-0.15, -0.1) is 11.6 Å². The monoisotopic (exact) mass is 276 g/mol. The van der Waals surface area contributed by atoms with Crippen molar-refractivity contribution < 1.29 is 13.9 Å². The zero-order valence-corrected chi connectivity index (χ0v) is 10.0. The van der Waals surface area contributed by atoms with Crippen LogP contribution in [0.15, 0.2) is 15.8 Å². The number of aromatic nitrogens is 2. The van der Waals surface area contributed by atoms with Crippen LogP contribution in [-0.2, 0) is 4.74 Å². The van der Waals surface area contributed by atoms with Crippen LogP contribution in [0.5, 0.6) is 0 Å². The van der Waals surface area contributed by atoms with Crippen molar-refractivity contribution in [3.63, 3.8) is 0 Å². The lowest BCUT2D eigenvalue weighted by atomic mass is 10.3. The lowest BCUT2D eigenvalue weighted by molar-refractivity contribution is 0.0500. The molecule has 0 aliphatic carbocycles. The van der Waals surface area contributed by atoms with Crippen LogP contribution in [0.3, 0.4) is 0 Å². The number of ether oxygens (including phenoxy) is 1. The molecule has 1 aromatic rings. The van der Waals surface area contributed by atoms with Gasteiger partial charge in [-0.25, -0.2) is 4.79 Å². The zero-order chi connectivity index (χ0) is 13.3. The second-order valence-corrected chi connectivity index (χ2v) is 4.07. The van der Waals surface area contributed by atoms with Crippen LogP contribution >= 0.6 is 11.6 Å². The van der Waals surface area contributed by atoms with Gasteiger partial charge in [0.1, 0.15) is 12.1 Å². The minimum Gasteiger partial charge on any atom is -0.358 e. The first-order chi connectivity index (χ1) is 8.56. The van der Waals surface area contributed by atoms with Gasteiger partial charge in [-0.05, 0) is 12.8 Å². The maximum Gasteiger partial charge on any atom is 0.340 e. The molecule has 8 heteroatoms. The molecule has 1 fully saturated rings. The number of alkyl halides is 1. The normalized spacial score (nSPS) is 19.1. The molecule has 1 unspecified atom stereocenters. The molecule has 18 heavy (non-hydrogen) atoms. The fourth-order valence-electron chi connectivity index (χ4n) is 1.81. The van der Waals surface area contributed by atoms with Gasteiger partial charge in [0.25, 0.3) is 11.5 Å². The summed E-state index contributed by atoms with van der Waals surface area (Å²) >= 11 is 5.28. The minimum absolute atomic E-state index is 0.198. The van der Waals surface area contributed by atoms with E-state index in [1.54, 1.807) is 0 Å². The molecule has 0 N–H and O–H groups in total. The fraction of sp³-hybridized carbons (Fsp3) is 0.500. The molecular formula is C10H10ClFN2O4. The molecule has 1 aromatic heterocycles. The molecule has 6 nitrogen and oxygen atoms in total. The molecule has 1 saturated heterocycles. The Balaban J connectivity index is 2.63. The highest BCUT2D eigenvalue weighted by atomic mass is 35.5. The Bertz CT molecular complexity index is 589. The minimum atomic E-state index is -1.29. The van der Waals surface area contributed by atoms with Crippen LogP contribution < -0.4 is 11.2 Å². The molecule has 0 radical (unpaired) electrons. The number of rotatable bonds is 2. The third-order valence-electron chi connectivity index (χ3n) is 2.65. The third kappa shape index (κ3) is 2.11. The molecule has 0 amide bonds. The average molecular weight is 277 g/mol. The number of halogens is 2. The highest BCUT2D eigenvalue weighted by Crippen LogP contribution is 2.20. The molecule has 2 rings (SSSR count). The van der Waals surface area contributed by atoms with Crippen molar-refractivity contribution in [3.05, 3.63) is 32.9 Å². The van der Waals surface area contributed by atoms with E-state index in [9.17, 15) is 18.8 Å². The fourth-order valence-corrected chi connectivity index (χ4v) is 1.93. The van der Waals surface area contributed by atoms with Crippen molar-refractivity contribution in [3.8, 4) is 0 Å². The molecule has 1 aliphatic heterocycles. The van der Waals surface area contributed by atoms with Crippen LogP contribution in [0, 0.1) is 5.82 Å². The Morgan fingerprint density at radius 2 is 2.28 bits per heavy atom. The molecule has 0 saturated carbocycles. The van der Waals surface area contributed by atoms with Gasteiger partial charge in [0.2, 0.25) is 5.82 Å². The highest BCUT2D eigenvalue weighted by molar-refractivity contribution is 6.27. The van der Waals surface area contributed by atoms with E-state index in [-0.39, 0.29) is 4.57 Å². The van der Waals surface area contributed by atoms with E-state index in [4.69, 9.17) is 16.3 Å². The van der Waals surface area contributed by atoms with Gasteiger partial charge in [-0.2, -0.15) is 8.96 Å². The molecule has 0 aromatic carbocycles. The summed E-state index contributed by atoms with van der Waals surface area (Å²) in [5.41, 5.74) is -2.22. The van der Waals surface area contributed by atoms with Crippen molar-refractivity contribution >= 4 is 17.5 Å². The van der Waals surface area contributed by atoms with Gasteiger partial charge in [-0.3, -0.25) is 14.2 Å². The average Bonchev–Trinajstić information content (AvgIpc) is 2.87. The van der Waals surface area contributed by atoms with Crippen LogP contribution in [0.1, 0.15) is 23.9 Å². The van der Waals surface area contributed by atoms with Crippen LogP contribution in [-0.4, -0.2) is 27.5 Å². The van der Waals surface area contributed by atoms with E-state index in [1.807, 2.05) is 0 Å². The number of hydrogen-bond donors (Lipinski definition) is 0. The van der Waals surface area contributed by atoms with Gasteiger partial charge in [0.05, 0.1) is 6.20 Å². The van der Waals surface area contributed by atoms with Gasteiger partial charge in [0.15, 0.2) is 0 Å². The molecule has 98 valence electrons. The lowest BCUT2D eigenvalue weighted by Gasteiger charge is -2.14. The Kier molecular flexibility index (Phi) is 3.63. The molecule has 1 aliphatic rings. The van der Waals surface area contributed by atoms with E-state index in [0.29, 0.717) is 13.0 Å². The highest BCUT2D eigenvalue weighted by Gasteiger charge is 2.23. The summed E-state index contributed by atoms with van der Waals surface area (Å²) < 4.78 is 19.8.